The molecule has 0 amide bonds. The Balaban J connectivity index is 1.61. The molecule has 0 saturated carbocycles. The molecule has 4 heterocycles. The number of nitrogen functional groups attached to an aromatic ring is 1. The zero-order valence-corrected chi connectivity index (χ0v) is 22.5. The van der Waals surface area contributed by atoms with Gasteiger partial charge >= 0.3 is 0 Å². The number of anilines is 1. The first-order valence-corrected chi connectivity index (χ1v) is 14.4. The number of aryl methyl sites for hydroxylation is 3. The molecule has 0 atom stereocenters. The summed E-state index contributed by atoms with van der Waals surface area (Å²) in [4.78, 5) is 6.12. The van der Waals surface area contributed by atoms with Crippen molar-refractivity contribution in [1.29, 1.82) is 5.41 Å². The van der Waals surface area contributed by atoms with Crippen LogP contribution in [0.15, 0.2) is 41.5 Å². The lowest BCUT2D eigenvalue weighted by Crippen LogP contribution is -2.05. The first-order chi connectivity index (χ1) is 16.9. The van der Waals surface area contributed by atoms with E-state index in [-0.39, 0.29) is 0 Å². The lowest BCUT2D eigenvalue weighted by Gasteiger charge is -2.06. The van der Waals surface area contributed by atoms with Crippen molar-refractivity contribution < 1.29 is 0 Å². The van der Waals surface area contributed by atoms with Crippen LogP contribution in [0, 0.1) is 26.2 Å². The van der Waals surface area contributed by atoms with Gasteiger partial charge in [-0.3, -0.25) is 5.41 Å². The Morgan fingerprint density at radius 3 is 1.91 bits per heavy atom. The molecule has 8 heteroatoms. The number of hydrogen-bond acceptors (Lipinski definition) is 8. The van der Waals surface area contributed by atoms with Crippen LogP contribution in [-0.2, 0) is 0 Å². The molecule has 0 spiro atoms. The van der Waals surface area contributed by atoms with Crippen LogP contribution < -0.4 is 22.3 Å². The van der Waals surface area contributed by atoms with Crippen LogP contribution in [0.2, 0.25) is 0 Å². The number of nitrogens with two attached hydrogens (primary N) is 2. The van der Waals surface area contributed by atoms with Gasteiger partial charge in [-0.1, -0.05) is 0 Å². The highest BCUT2D eigenvalue weighted by Crippen LogP contribution is 2.46. The van der Waals surface area contributed by atoms with E-state index in [0.29, 0.717) is 5.36 Å². The molecule has 172 valence electrons. The van der Waals surface area contributed by atoms with E-state index >= 15 is 0 Å². The molecule has 4 nitrogen and oxygen atoms in total. The normalized spacial score (nSPS) is 12.9. The van der Waals surface area contributed by atoms with E-state index in [4.69, 9.17) is 17.0 Å². The predicted molar refractivity (Wildman–Crippen MR) is 155 cm³/mol. The fourth-order valence-corrected chi connectivity index (χ4v) is 9.74. The Kier molecular flexibility index (Phi) is 4.40. The third-order valence-corrected chi connectivity index (χ3v) is 11.5. The van der Waals surface area contributed by atoms with Gasteiger partial charge < -0.3 is 11.6 Å². The van der Waals surface area contributed by atoms with Gasteiger partial charge in [0.05, 0.1) is 15.7 Å². The number of nitrogens with one attached hydrogen (secondary N) is 1. The summed E-state index contributed by atoms with van der Waals surface area (Å²) in [5.74, 6) is 6.02. The first-order valence-electron chi connectivity index (χ1n) is 11.1. The molecule has 3 aromatic carbocycles. The van der Waals surface area contributed by atoms with Crippen LogP contribution in [0.1, 0.15) is 16.0 Å². The van der Waals surface area contributed by atoms with E-state index in [2.05, 4.69) is 56.2 Å². The maximum atomic E-state index is 9.16. The minimum Gasteiger partial charge on any atom is -0.391 e. The van der Waals surface area contributed by atoms with E-state index in [9.17, 15) is 0 Å². The second kappa shape index (κ2) is 7.24. The standard InChI is InChI=1S/C27H20N4S4/c1-10-4-5-15(32-10)17-8-13-24(29)20-11(2)23-21(12(3)22(20)26(13)34-17)25(31-30)14-9-18(35-27(14)23)16-6-7-19(28)33-16/h4-9,29H,28,30H2,1-3H3/b29-24?,31-25+. The predicted octanol–water partition coefficient (Wildman–Crippen LogP) is 7.52. The summed E-state index contributed by atoms with van der Waals surface area (Å²) in [6.45, 7) is 6.45. The van der Waals surface area contributed by atoms with Crippen LogP contribution in [0.4, 0.5) is 5.00 Å². The highest BCUT2D eigenvalue weighted by molar-refractivity contribution is 7.28. The largest absolute Gasteiger partial charge is 0.391 e. The van der Waals surface area contributed by atoms with Gasteiger partial charge in [-0.15, -0.1) is 45.3 Å². The fraction of sp³-hybridized carbons (Fsp3) is 0.111. The summed E-state index contributed by atoms with van der Waals surface area (Å²) in [7, 11) is 0. The number of thiophene rings is 4. The van der Waals surface area contributed by atoms with Crippen molar-refractivity contribution in [3.63, 3.8) is 0 Å². The first kappa shape index (κ1) is 21.3. The molecule has 0 unspecified atom stereocenters. The average molecular weight is 529 g/mol. The van der Waals surface area contributed by atoms with Gasteiger partial charge in [-0.25, -0.2) is 0 Å². The lowest BCUT2D eigenvalue weighted by molar-refractivity contribution is 1.17. The highest BCUT2D eigenvalue weighted by Gasteiger charge is 2.24. The monoisotopic (exact) mass is 528 g/mol. The molecule has 35 heavy (non-hydrogen) atoms. The Labute approximate surface area is 216 Å². The highest BCUT2D eigenvalue weighted by atomic mass is 32.1. The second-order valence-corrected chi connectivity index (χ2v) is 13.4. The van der Waals surface area contributed by atoms with Crippen molar-refractivity contribution in [3.05, 3.63) is 63.1 Å². The van der Waals surface area contributed by atoms with Crippen LogP contribution in [0.25, 0.3) is 61.2 Å². The van der Waals surface area contributed by atoms with Gasteiger partial charge in [0, 0.05) is 66.1 Å². The Hall–Kier alpha value is -3.04. The minimum atomic E-state index is 0.622. The molecule has 5 N–H and O–H groups in total. The van der Waals surface area contributed by atoms with Crippen molar-refractivity contribution >= 4 is 92.1 Å². The quantitative estimate of drug-likeness (QED) is 0.160. The number of hydrogen-bond donors (Lipinski definition) is 3. The Bertz CT molecular complexity index is 2090. The summed E-state index contributed by atoms with van der Waals surface area (Å²) in [6, 6.07) is 12.8. The molecule has 0 bridgehead atoms. The van der Waals surface area contributed by atoms with Crippen LogP contribution in [-0.4, -0.2) is 0 Å². The number of nitrogens with zero attached hydrogens (tertiary/aromatic N) is 1. The molecule has 7 aromatic rings. The van der Waals surface area contributed by atoms with Gasteiger partial charge in [0.1, 0.15) is 0 Å². The van der Waals surface area contributed by atoms with Crippen molar-refractivity contribution in [3.8, 4) is 19.5 Å². The molecule has 0 radical (unpaired) electrons. The van der Waals surface area contributed by atoms with Crippen LogP contribution in [0.3, 0.4) is 0 Å². The van der Waals surface area contributed by atoms with Gasteiger partial charge in [0.2, 0.25) is 0 Å². The fourth-order valence-electron chi connectivity index (χ4n) is 5.39. The molecule has 0 saturated heterocycles. The molecule has 0 aliphatic rings. The zero-order valence-electron chi connectivity index (χ0n) is 19.2. The summed E-state index contributed by atoms with van der Waals surface area (Å²) < 4.78 is 2.38. The Morgan fingerprint density at radius 2 is 1.29 bits per heavy atom. The average Bonchev–Trinajstić information content (AvgIpc) is 3.63. The maximum absolute atomic E-state index is 9.16. The van der Waals surface area contributed by atoms with Gasteiger partial charge in [0.25, 0.3) is 0 Å². The zero-order chi connectivity index (χ0) is 24.2. The second-order valence-electron chi connectivity index (χ2n) is 8.92. The molecule has 0 aliphatic carbocycles. The molecular formula is C27H20N4S4. The number of rotatable bonds is 2. The number of fused-ring (bicyclic) bond motifs is 6. The van der Waals surface area contributed by atoms with Crippen molar-refractivity contribution in [2.45, 2.75) is 20.8 Å². The van der Waals surface area contributed by atoms with Crippen LogP contribution in [0.5, 0.6) is 0 Å². The minimum absolute atomic E-state index is 0.622. The summed E-state index contributed by atoms with van der Waals surface area (Å²) in [5.41, 5.74) is 8.30. The Morgan fingerprint density at radius 1 is 0.686 bits per heavy atom. The lowest BCUT2D eigenvalue weighted by atomic mass is 9.98. The van der Waals surface area contributed by atoms with E-state index in [1.54, 1.807) is 45.3 Å². The van der Waals surface area contributed by atoms with Crippen LogP contribution >= 0.6 is 45.3 Å². The smallest absolute Gasteiger partial charge is 0.0995 e. The maximum Gasteiger partial charge on any atom is 0.0995 e. The van der Waals surface area contributed by atoms with Gasteiger partial charge in [-0.2, -0.15) is 5.10 Å². The van der Waals surface area contributed by atoms with E-state index in [1.807, 2.05) is 6.07 Å². The van der Waals surface area contributed by atoms with E-state index in [0.717, 1.165) is 47.9 Å². The molecule has 0 aliphatic heterocycles. The summed E-state index contributed by atoms with van der Waals surface area (Å²) >= 11 is 6.95. The summed E-state index contributed by atoms with van der Waals surface area (Å²) in [5, 5.41) is 22.4. The van der Waals surface area contributed by atoms with Gasteiger partial charge in [-0.05, 0) is 68.3 Å². The SMILES string of the molecule is Cc1ccc(-c2cc3c(=N)c4c(C)c5c(c(C)c4c3s2)/c(=N/N)c2cc(-c3ccc(N)s3)sc25)s1. The summed E-state index contributed by atoms with van der Waals surface area (Å²) in [6.07, 6.45) is 0. The third-order valence-electron chi connectivity index (χ3n) is 6.91. The topological polar surface area (TPSA) is 88.2 Å². The molecule has 0 fully saturated rings. The molecule has 7 rings (SSSR count). The number of benzene rings is 1. The van der Waals surface area contributed by atoms with Crippen molar-refractivity contribution in [2.75, 3.05) is 5.73 Å². The molecule has 4 aromatic heterocycles. The van der Waals surface area contributed by atoms with Crippen molar-refractivity contribution in [1.82, 2.24) is 0 Å². The van der Waals surface area contributed by atoms with Crippen molar-refractivity contribution in [2.24, 2.45) is 10.9 Å². The van der Waals surface area contributed by atoms with E-state index < -0.39 is 0 Å². The van der Waals surface area contributed by atoms with Gasteiger partial charge in [0.15, 0.2) is 0 Å². The van der Waals surface area contributed by atoms with E-state index in [1.165, 1.54) is 39.7 Å². The third kappa shape index (κ3) is 2.76. The molecular weight excluding hydrogens is 509 g/mol.